The van der Waals surface area contributed by atoms with Crippen LogP contribution in [0.25, 0.3) is 74.1 Å². The van der Waals surface area contributed by atoms with Crippen molar-refractivity contribution in [3.8, 4) is 45.3 Å². The van der Waals surface area contributed by atoms with E-state index in [4.69, 9.17) is 26.1 Å². The summed E-state index contributed by atoms with van der Waals surface area (Å²) in [7, 11) is 1.92. The zero-order chi connectivity index (χ0) is 40.0. The maximum absolute atomic E-state index is 9.31. The molecule has 284 valence electrons. The Balaban J connectivity index is 0.000000130. The molecule has 10 aromatic rings. The molecular formula is C48H36BClN2O4S2. The molecule has 0 bridgehead atoms. The predicted molar refractivity (Wildman–Crippen MR) is 245 cm³/mol. The smallest absolute Gasteiger partial charge is 0.489 e. The second-order valence-corrected chi connectivity index (χ2v) is 15.7. The molecule has 0 saturated carbocycles. The van der Waals surface area contributed by atoms with Crippen LogP contribution in [0.15, 0.2) is 170 Å². The summed E-state index contributed by atoms with van der Waals surface area (Å²) >= 11 is 9.25. The van der Waals surface area contributed by atoms with Gasteiger partial charge in [0.2, 0.25) is 0 Å². The van der Waals surface area contributed by atoms with Crippen molar-refractivity contribution in [2.75, 3.05) is 14.2 Å². The van der Waals surface area contributed by atoms with Crippen molar-refractivity contribution in [1.29, 1.82) is 0 Å². The van der Waals surface area contributed by atoms with E-state index in [2.05, 4.69) is 71.7 Å². The van der Waals surface area contributed by atoms with Crippen LogP contribution in [0.2, 0.25) is 5.15 Å². The third-order valence-electron chi connectivity index (χ3n) is 9.59. The molecule has 0 fully saturated rings. The van der Waals surface area contributed by atoms with Crippen molar-refractivity contribution in [3.05, 3.63) is 175 Å². The quantitative estimate of drug-likeness (QED) is 0.128. The Bertz CT molecular complexity index is 3020. The standard InChI is InChI=1S/C24H17NOS.C12H9BO2S.C12H10ClNO/c1-26-17-8-4-7-16(15-17)21-12-6-13-22(25-21)20-11-5-10-19-18-9-2-3-14-23(18)27-24(19)20;14-13(15)10-6-3-5-9-8-4-1-2-7-11(8)16-12(9)10;1-15-10-5-2-4-9(8-10)11-6-3-7-12(13)14-11/h2-15H,1H3;1-7,14-15H;2-8H,1H3. The fourth-order valence-corrected chi connectivity index (χ4v) is 9.42. The van der Waals surface area contributed by atoms with E-state index < -0.39 is 7.12 Å². The van der Waals surface area contributed by atoms with Gasteiger partial charge >= 0.3 is 7.12 Å². The van der Waals surface area contributed by atoms with Crippen LogP contribution >= 0.6 is 34.3 Å². The van der Waals surface area contributed by atoms with E-state index in [1.54, 1.807) is 37.7 Å². The van der Waals surface area contributed by atoms with Gasteiger partial charge in [-0.15, -0.1) is 22.7 Å². The van der Waals surface area contributed by atoms with Gasteiger partial charge in [-0.25, -0.2) is 9.97 Å². The Labute approximate surface area is 349 Å². The topological polar surface area (TPSA) is 84.7 Å². The number of pyridine rings is 2. The average molecular weight is 815 g/mol. The highest BCUT2D eigenvalue weighted by Crippen LogP contribution is 2.40. The third-order valence-corrected chi connectivity index (χ3v) is 12.3. The number of thiophene rings is 2. The van der Waals surface area contributed by atoms with E-state index in [-0.39, 0.29) is 0 Å². The van der Waals surface area contributed by atoms with Gasteiger partial charge in [0, 0.05) is 51.6 Å². The maximum atomic E-state index is 9.31. The van der Waals surface area contributed by atoms with E-state index in [0.717, 1.165) is 49.8 Å². The minimum Gasteiger partial charge on any atom is -0.497 e. The number of rotatable bonds is 6. The number of nitrogens with zero attached hydrogens (tertiary/aromatic N) is 2. The minimum absolute atomic E-state index is 0.496. The fraction of sp³-hybridized carbons (Fsp3) is 0.0417. The summed E-state index contributed by atoms with van der Waals surface area (Å²) in [6.45, 7) is 0. The molecule has 0 spiro atoms. The highest BCUT2D eigenvalue weighted by Gasteiger charge is 2.17. The fourth-order valence-electron chi connectivity index (χ4n) is 6.80. The van der Waals surface area contributed by atoms with Gasteiger partial charge in [0.25, 0.3) is 0 Å². The Morgan fingerprint density at radius 3 is 1.57 bits per heavy atom. The second-order valence-electron chi connectivity index (χ2n) is 13.2. The van der Waals surface area contributed by atoms with Gasteiger partial charge in [0.05, 0.1) is 31.3 Å². The number of hydrogen-bond acceptors (Lipinski definition) is 8. The molecule has 0 aliphatic heterocycles. The third kappa shape index (κ3) is 8.31. The first-order chi connectivity index (χ1) is 28.4. The van der Waals surface area contributed by atoms with E-state index in [1.165, 1.54) is 35.8 Å². The molecule has 0 aliphatic carbocycles. The van der Waals surface area contributed by atoms with Crippen molar-refractivity contribution < 1.29 is 19.5 Å². The van der Waals surface area contributed by atoms with Crippen LogP contribution in [0.3, 0.4) is 0 Å². The first kappa shape index (κ1) is 38.8. The molecule has 4 heterocycles. The summed E-state index contributed by atoms with van der Waals surface area (Å²) in [4.78, 5) is 9.19. The van der Waals surface area contributed by atoms with Gasteiger partial charge < -0.3 is 19.5 Å². The lowest BCUT2D eigenvalue weighted by molar-refractivity contribution is 0.415. The molecule has 10 rings (SSSR count). The van der Waals surface area contributed by atoms with E-state index in [0.29, 0.717) is 10.6 Å². The van der Waals surface area contributed by atoms with Gasteiger partial charge in [0.15, 0.2) is 0 Å². The first-order valence-corrected chi connectivity index (χ1v) is 20.5. The van der Waals surface area contributed by atoms with Crippen LogP contribution in [0, 0.1) is 0 Å². The number of hydrogen-bond donors (Lipinski definition) is 2. The maximum Gasteiger partial charge on any atom is 0.489 e. The summed E-state index contributed by atoms with van der Waals surface area (Å²) in [5, 5.41) is 24.0. The second kappa shape index (κ2) is 17.6. The number of ether oxygens (including phenoxy) is 2. The molecule has 10 heteroatoms. The first-order valence-electron chi connectivity index (χ1n) is 18.5. The lowest BCUT2D eigenvalue weighted by Gasteiger charge is -2.07. The number of methoxy groups -OCH3 is 2. The zero-order valence-corrected chi connectivity index (χ0v) is 33.9. The summed E-state index contributed by atoms with van der Waals surface area (Å²) < 4.78 is 15.2. The zero-order valence-electron chi connectivity index (χ0n) is 31.5. The molecular weight excluding hydrogens is 779 g/mol. The minimum atomic E-state index is -1.41. The molecule has 4 aromatic heterocycles. The van der Waals surface area contributed by atoms with Gasteiger partial charge in [-0.3, -0.25) is 0 Å². The number of fused-ring (bicyclic) bond motifs is 6. The Morgan fingerprint density at radius 2 is 0.966 bits per heavy atom. The average Bonchev–Trinajstić information content (AvgIpc) is 3.86. The molecule has 0 radical (unpaired) electrons. The number of benzene rings is 6. The molecule has 58 heavy (non-hydrogen) atoms. The molecule has 0 saturated heterocycles. The highest BCUT2D eigenvalue weighted by atomic mass is 35.5. The molecule has 0 unspecified atom stereocenters. The van der Waals surface area contributed by atoms with Gasteiger partial charge in [-0.1, -0.05) is 121 Å². The summed E-state index contributed by atoms with van der Waals surface area (Å²) in [6, 6.07) is 56.3. The Kier molecular flexibility index (Phi) is 11.8. The largest absolute Gasteiger partial charge is 0.497 e. The lowest BCUT2D eigenvalue weighted by Crippen LogP contribution is -2.29. The predicted octanol–water partition coefficient (Wildman–Crippen LogP) is 11.9. The molecule has 6 aromatic carbocycles. The van der Waals surface area contributed by atoms with Crippen LogP contribution in [-0.2, 0) is 0 Å². The van der Waals surface area contributed by atoms with Crippen LogP contribution in [0.1, 0.15) is 0 Å². The normalized spacial score (nSPS) is 10.8. The van der Waals surface area contributed by atoms with Crippen molar-refractivity contribution >= 4 is 87.2 Å². The highest BCUT2D eigenvalue weighted by molar-refractivity contribution is 7.27. The number of halogens is 1. The van der Waals surface area contributed by atoms with Crippen molar-refractivity contribution in [3.63, 3.8) is 0 Å². The van der Waals surface area contributed by atoms with Crippen LogP contribution in [0.4, 0.5) is 0 Å². The van der Waals surface area contributed by atoms with Crippen LogP contribution in [-0.4, -0.2) is 41.4 Å². The van der Waals surface area contributed by atoms with Crippen molar-refractivity contribution in [1.82, 2.24) is 9.97 Å². The van der Waals surface area contributed by atoms with Crippen LogP contribution in [0.5, 0.6) is 11.5 Å². The molecule has 0 amide bonds. The lowest BCUT2D eigenvalue weighted by atomic mass is 9.80. The monoisotopic (exact) mass is 814 g/mol. The summed E-state index contributed by atoms with van der Waals surface area (Å²) in [6.07, 6.45) is 0. The van der Waals surface area contributed by atoms with Gasteiger partial charge in [0.1, 0.15) is 16.7 Å². The molecule has 0 atom stereocenters. The van der Waals surface area contributed by atoms with Crippen molar-refractivity contribution in [2.45, 2.75) is 0 Å². The Morgan fingerprint density at radius 1 is 0.483 bits per heavy atom. The van der Waals surface area contributed by atoms with Crippen molar-refractivity contribution in [2.24, 2.45) is 0 Å². The number of aromatic nitrogens is 2. The molecule has 2 N–H and O–H groups in total. The molecule has 6 nitrogen and oxygen atoms in total. The van der Waals surface area contributed by atoms with E-state index in [1.807, 2.05) is 102 Å². The van der Waals surface area contributed by atoms with E-state index >= 15 is 0 Å². The Hall–Kier alpha value is -6.07. The molecule has 0 aliphatic rings. The van der Waals surface area contributed by atoms with E-state index in [9.17, 15) is 10.0 Å². The van der Waals surface area contributed by atoms with Gasteiger partial charge in [-0.2, -0.15) is 0 Å². The van der Waals surface area contributed by atoms with Gasteiger partial charge in [-0.05, 0) is 71.5 Å². The summed E-state index contributed by atoms with van der Waals surface area (Å²) in [5.41, 5.74) is 6.60. The summed E-state index contributed by atoms with van der Waals surface area (Å²) in [5.74, 6) is 1.65. The van der Waals surface area contributed by atoms with Crippen LogP contribution < -0.4 is 14.9 Å². The SMILES string of the molecule is COc1cccc(-c2cccc(-c3cccc4c3sc3ccccc34)n2)c1.COc1cccc(-c2cccc(Cl)n2)c1.OB(O)c1cccc2c1sc1ccccc12.